The molecule has 4 N–H and O–H groups in total. The number of carbonyl (C=O) groups is 1. The second kappa shape index (κ2) is 8.46. The minimum absolute atomic E-state index is 0.0880. The molecule has 0 saturated carbocycles. The van der Waals surface area contributed by atoms with Crippen molar-refractivity contribution in [2.24, 2.45) is 0 Å². The summed E-state index contributed by atoms with van der Waals surface area (Å²) in [5.74, 6) is 0.514. The average molecular weight is 250 g/mol. The Kier molecular flexibility index (Phi) is 7.20. The summed E-state index contributed by atoms with van der Waals surface area (Å²) in [6.07, 6.45) is 0. The van der Waals surface area contributed by atoms with E-state index in [0.29, 0.717) is 0 Å². The molecule has 0 radical (unpaired) electrons. The molecule has 0 saturated heterocycles. The van der Waals surface area contributed by atoms with Gasteiger partial charge in [-0.05, 0) is 36.4 Å². The number of phenolic OH excluding ortho intramolecular Hbond substituents is 4. The fourth-order valence-electron chi connectivity index (χ4n) is 0.946. The van der Waals surface area contributed by atoms with Crippen LogP contribution >= 0.6 is 0 Å². The number of hydrogen-bond donors (Lipinski definition) is 4. The first-order chi connectivity index (χ1) is 8.58. The Hall–Kier alpha value is -2.69. The van der Waals surface area contributed by atoms with E-state index in [9.17, 15) is 0 Å². The molecule has 2 aromatic rings. The van der Waals surface area contributed by atoms with Crippen molar-refractivity contribution in [3.8, 4) is 23.0 Å². The number of carbonyl (C=O) groups excluding carboxylic acids is 1. The van der Waals surface area contributed by atoms with Crippen LogP contribution in [0.2, 0.25) is 0 Å². The maximum absolute atomic E-state index is 8.65. The highest BCUT2D eigenvalue weighted by atomic mass is 16.3. The molecule has 2 aromatic carbocycles. The molecular formula is C13H14O5. The Balaban J connectivity index is 0.000000283. The SMILES string of the molecule is C=O.Oc1ccc(O)cc1.Oc1cccc(O)c1. The predicted molar refractivity (Wildman–Crippen MR) is 66.7 cm³/mol. The molecule has 96 valence electrons. The van der Waals surface area contributed by atoms with E-state index in [4.69, 9.17) is 25.2 Å². The van der Waals surface area contributed by atoms with Crippen molar-refractivity contribution >= 4 is 6.79 Å². The van der Waals surface area contributed by atoms with Crippen molar-refractivity contribution in [2.45, 2.75) is 0 Å². The molecule has 0 aromatic heterocycles. The number of phenols is 4. The standard InChI is InChI=1S/2C6H6O2.CH2O/c7-5-1-2-6(8)4-3-5;7-5-2-1-3-6(8)4-5;1-2/h2*1-4,7-8H;1H2. The van der Waals surface area contributed by atoms with E-state index in [0.717, 1.165) is 0 Å². The highest BCUT2D eigenvalue weighted by Gasteiger charge is 1.85. The Labute approximate surface area is 104 Å². The lowest BCUT2D eigenvalue weighted by Gasteiger charge is -1.89. The molecule has 0 heterocycles. The zero-order chi connectivity index (χ0) is 14.0. The largest absolute Gasteiger partial charge is 0.508 e. The van der Waals surface area contributed by atoms with Crippen molar-refractivity contribution in [2.75, 3.05) is 0 Å². The van der Waals surface area contributed by atoms with Gasteiger partial charge in [-0.15, -0.1) is 0 Å². The lowest BCUT2D eigenvalue weighted by molar-refractivity contribution is -0.0979. The van der Waals surface area contributed by atoms with Gasteiger partial charge < -0.3 is 25.2 Å². The second-order valence-corrected chi connectivity index (χ2v) is 3.04. The monoisotopic (exact) mass is 250 g/mol. The molecule has 0 aliphatic rings. The zero-order valence-corrected chi connectivity index (χ0v) is 9.52. The maximum Gasteiger partial charge on any atom is 0.119 e. The van der Waals surface area contributed by atoms with Gasteiger partial charge in [0.05, 0.1) is 0 Å². The third-order valence-corrected chi connectivity index (χ3v) is 1.68. The van der Waals surface area contributed by atoms with Crippen molar-refractivity contribution in [3.05, 3.63) is 48.5 Å². The molecule has 0 atom stereocenters. The van der Waals surface area contributed by atoms with Crippen LogP contribution in [0.25, 0.3) is 0 Å². The summed E-state index contributed by atoms with van der Waals surface area (Å²) < 4.78 is 0. The van der Waals surface area contributed by atoms with Crippen LogP contribution in [-0.2, 0) is 4.79 Å². The topological polar surface area (TPSA) is 98.0 Å². The maximum atomic E-state index is 8.65. The Morgan fingerprint density at radius 3 is 1.17 bits per heavy atom. The van der Waals surface area contributed by atoms with Gasteiger partial charge in [0.2, 0.25) is 0 Å². The molecule has 0 amide bonds. The molecular weight excluding hydrogens is 236 g/mol. The summed E-state index contributed by atoms with van der Waals surface area (Å²) in [5.41, 5.74) is 0. The third kappa shape index (κ3) is 6.73. The number of benzene rings is 2. The van der Waals surface area contributed by atoms with Gasteiger partial charge in [0.25, 0.3) is 0 Å². The minimum atomic E-state index is 0.0880. The van der Waals surface area contributed by atoms with E-state index in [-0.39, 0.29) is 23.0 Å². The van der Waals surface area contributed by atoms with Crippen LogP contribution in [0.4, 0.5) is 0 Å². The lowest BCUT2D eigenvalue weighted by Crippen LogP contribution is -1.61. The van der Waals surface area contributed by atoms with Gasteiger partial charge in [0, 0.05) is 6.07 Å². The summed E-state index contributed by atoms with van der Waals surface area (Å²) in [6.45, 7) is 2.00. The van der Waals surface area contributed by atoms with Crippen molar-refractivity contribution in [1.29, 1.82) is 0 Å². The van der Waals surface area contributed by atoms with Crippen LogP contribution in [-0.4, -0.2) is 27.2 Å². The summed E-state index contributed by atoms with van der Waals surface area (Å²) >= 11 is 0. The Morgan fingerprint density at radius 1 is 0.611 bits per heavy atom. The van der Waals surface area contributed by atoms with Crippen LogP contribution < -0.4 is 0 Å². The van der Waals surface area contributed by atoms with E-state index in [1.54, 1.807) is 6.07 Å². The van der Waals surface area contributed by atoms with E-state index in [1.165, 1.54) is 42.5 Å². The molecule has 0 fully saturated rings. The van der Waals surface area contributed by atoms with Gasteiger partial charge >= 0.3 is 0 Å². The van der Waals surface area contributed by atoms with Gasteiger partial charge in [0.15, 0.2) is 0 Å². The summed E-state index contributed by atoms with van der Waals surface area (Å²) in [4.78, 5) is 8.00. The molecule has 2 rings (SSSR count). The van der Waals surface area contributed by atoms with E-state index in [2.05, 4.69) is 0 Å². The fraction of sp³-hybridized carbons (Fsp3) is 0. The first-order valence-corrected chi connectivity index (χ1v) is 4.83. The molecule has 18 heavy (non-hydrogen) atoms. The number of aromatic hydroxyl groups is 4. The second-order valence-electron chi connectivity index (χ2n) is 3.04. The fourth-order valence-corrected chi connectivity index (χ4v) is 0.946. The van der Waals surface area contributed by atoms with Gasteiger partial charge in [-0.25, -0.2) is 0 Å². The van der Waals surface area contributed by atoms with Crippen LogP contribution in [0.15, 0.2) is 48.5 Å². The predicted octanol–water partition coefficient (Wildman–Crippen LogP) is 2.01. The van der Waals surface area contributed by atoms with Crippen molar-refractivity contribution in [3.63, 3.8) is 0 Å². The summed E-state index contributed by atoms with van der Waals surface area (Å²) in [5, 5.41) is 34.6. The van der Waals surface area contributed by atoms with Gasteiger partial charge in [-0.1, -0.05) is 6.07 Å². The van der Waals surface area contributed by atoms with Crippen LogP contribution in [0.5, 0.6) is 23.0 Å². The molecule has 5 nitrogen and oxygen atoms in total. The van der Waals surface area contributed by atoms with E-state index < -0.39 is 0 Å². The zero-order valence-electron chi connectivity index (χ0n) is 9.52. The quantitative estimate of drug-likeness (QED) is 0.536. The molecule has 0 unspecified atom stereocenters. The minimum Gasteiger partial charge on any atom is -0.508 e. The van der Waals surface area contributed by atoms with Crippen LogP contribution in [0, 0.1) is 0 Å². The molecule has 0 bridgehead atoms. The van der Waals surface area contributed by atoms with Crippen molar-refractivity contribution < 1.29 is 25.2 Å². The average Bonchev–Trinajstić information content (AvgIpc) is 2.36. The van der Waals surface area contributed by atoms with Crippen LogP contribution in [0.1, 0.15) is 0 Å². The van der Waals surface area contributed by atoms with Gasteiger partial charge in [0.1, 0.15) is 29.8 Å². The van der Waals surface area contributed by atoms with Gasteiger partial charge in [-0.2, -0.15) is 0 Å². The smallest absolute Gasteiger partial charge is 0.119 e. The molecule has 0 aliphatic heterocycles. The lowest BCUT2D eigenvalue weighted by atomic mass is 10.3. The third-order valence-electron chi connectivity index (χ3n) is 1.68. The molecule has 5 heteroatoms. The van der Waals surface area contributed by atoms with E-state index >= 15 is 0 Å². The first kappa shape index (κ1) is 15.3. The molecule has 0 aliphatic carbocycles. The normalized spacial score (nSPS) is 8.22. The van der Waals surface area contributed by atoms with E-state index in [1.807, 2.05) is 6.79 Å². The molecule has 0 spiro atoms. The highest BCUT2D eigenvalue weighted by molar-refractivity contribution is 5.30. The summed E-state index contributed by atoms with van der Waals surface area (Å²) in [7, 11) is 0. The van der Waals surface area contributed by atoms with Crippen LogP contribution in [0.3, 0.4) is 0 Å². The number of hydrogen-bond acceptors (Lipinski definition) is 5. The highest BCUT2D eigenvalue weighted by Crippen LogP contribution is 2.15. The summed E-state index contributed by atoms with van der Waals surface area (Å²) in [6, 6.07) is 11.6. The Bertz CT molecular complexity index is 415. The Morgan fingerprint density at radius 2 is 0.944 bits per heavy atom. The van der Waals surface area contributed by atoms with Gasteiger partial charge in [-0.3, -0.25) is 0 Å². The number of rotatable bonds is 0. The van der Waals surface area contributed by atoms with Crippen molar-refractivity contribution in [1.82, 2.24) is 0 Å². The first-order valence-electron chi connectivity index (χ1n) is 4.83.